The molecule has 0 aliphatic carbocycles. The van der Waals surface area contributed by atoms with Crippen LogP contribution in [0.25, 0.3) is 0 Å². The zero-order valence-corrected chi connectivity index (χ0v) is 11.2. The van der Waals surface area contributed by atoms with Crippen LogP contribution in [0.1, 0.15) is 56.2 Å². The molecule has 1 aromatic rings. The van der Waals surface area contributed by atoms with Gasteiger partial charge in [-0.2, -0.15) is 0 Å². The lowest BCUT2D eigenvalue weighted by Crippen LogP contribution is -2.33. The Morgan fingerprint density at radius 3 is 2.39 bits per heavy atom. The topological polar surface area (TPSA) is 88.2 Å². The van der Waals surface area contributed by atoms with Crippen molar-refractivity contribution in [3.63, 3.8) is 0 Å². The first-order valence-electron chi connectivity index (χ1n) is 6.35. The molecule has 0 unspecified atom stereocenters. The summed E-state index contributed by atoms with van der Waals surface area (Å²) < 4.78 is 1.53. The lowest BCUT2D eigenvalue weighted by atomic mass is 9.97. The molecule has 6 nitrogen and oxygen atoms in total. The summed E-state index contributed by atoms with van der Waals surface area (Å²) in [7, 11) is 0. The molecule has 0 aromatic carbocycles. The minimum absolute atomic E-state index is 0.00796. The van der Waals surface area contributed by atoms with Crippen LogP contribution in [-0.4, -0.2) is 36.8 Å². The van der Waals surface area contributed by atoms with Crippen LogP contribution in [0.5, 0.6) is 0 Å². The maximum absolute atomic E-state index is 11.0. The van der Waals surface area contributed by atoms with Crippen molar-refractivity contribution in [1.82, 2.24) is 15.0 Å². The Balaban J connectivity index is 3.05. The molecule has 0 saturated heterocycles. The van der Waals surface area contributed by atoms with Gasteiger partial charge in [-0.3, -0.25) is 0 Å². The summed E-state index contributed by atoms with van der Waals surface area (Å²) in [5.74, 6) is -1.07. The maximum Gasteiger partial charge on any atom is 0.358 e. The third kappa shape index (κ3) is 3.07. The van der Waals surface area contributed by atoms with Gasteiger partial charge in [0.15, 0.2) is 5.69 Å². The van der Waals surface area contributed by atoms with Crippen LogP contribution in [0.3, 0.4) is 0 Å². The Hall–Kier alpha value is -1.43. The number of aliphatic hydroxyl groups is 1. The monoisotopic (exact) mass is 255 g/mol. The highest BCUT2D eigenvalue weighted by Crippen LogP contribution is 2.19. The van der Waals surface area contributed by atoms with Gasteiger partial charge in [0.1, 0.15) is 0 Å². The molecule has 1 rings (SSSR count). The van der Waals surface area contributed by atoms with E-state index < -0.39 is 11.6 Å². The average Bonchev–Trinajstić information content (AvgIpc) is 2.73. The zero-order chi connectivity index (χ0) is 13.8. The second kappa shape index (κ2) is 5.95. The van der Waals surface area contributed by atoms with E-state index in [1.807, 2.05) is 20.8 Å². The van der Waals surface area contributed by atoms with E-state index >= 15 is 0 Å². The number of carbonyl (C=O) groups is 1. The predicted molar refractivity (Wildman–Crippen MR) is 66.5 cm³/mol. The van der Waals surface area contributed by atoms with Gasteiger partial charge in [0, 0.05) is 0 Å². The van der Waals surface area contributed by atoms with E-state index in [1.54, 1.807) is 0 Å². The molecule has 102 valence electrons. The number of hydrogen-bond donors (Lipinski definition) is 2. The third-order valence-corrected chi connectivity index (χ3v) is 3.29. The zero-order valence-electron chi connectivity index (χ0n) is 11.2. The highest BCUT2D eigenvalue weighted by molar-refractivity contribution is 5.86. The third-order valence-electron chi connectivity index (χ3n) is 3.29. The highest BCUT2D eigenvalue weighted by atomic mass is 16.4. The predicted octanol–water partition coefficient (Wildman–Crippen LogP) is 1.48. The van der Waals surface area contributed by atoms with Gasteiger partial charge in [-0.15, -0.1) is 5.10 Å². The van der Waals surface area contributed by atoms with E-state index in [0.717, 1.165) is 6.42 Å². The quantitative estimate of drug-likeness (QED) is 0.770. The molecule has 0 fully saturated rings. The minimum Gasteiger partial charge on any atom is -0.476 e. The van der Waals surface area contributed by atoms with Gasteiger partial charge < -0.3 is 10.2 Å². The molecule has 2 N–H and O–H groups in total. The number of aromatic carboxylic acids is 1. The van der Waals surface area contributed by atoms with Crippen molar-refractivity contribution in [2.75, 3.05) is 0 Å². The Morgan fingerprint density at radius 2 is 1.94 bits per heavy atom. The number of nitrogens with zero attached hydrogens (tertiary/aromatic N) is 3. The standard InChI is InChI=1S/C12H21N3O3/c1-4-7-9-10(11(16)17)13-14-15(9)8-12(18,5-2)6-3/h18H,4-8H2,1-3H3,(H,16,17). The smallest absolute Gasteiger partial charge is 0.358 e. The van der Waals surface area contributed by atoms with E-state index in [-0.39, 0.29) is 12.2 Å². The van der Waals surface area contributed by atoms with E-state index in [1.165, 1.54) is 4.68 Å². The lowest BCUT2D eigenvalue weighted by Gasteiger charge is -2.25. The van der Waals surface area contributed by atoms with Gasteiger partial charge in [-0.25, -0.2) is 9.48 Å². The highest BCUT2D eigenvalue weighted by Gasteiger charge is 2.27. The first-order chi connectivity index (χ1) is 8.47. The number of carboxylic acids is 1. The van der Waals surface area contributed by atoms with Crippen molar-refractivity contribution >= 4 is 5.97 Å². The molecule has 0 amide bonds. The molecule has 6 heteroatoms. The maximum atomic E-state index is 11.0. The number of carboxylic acid groups (broad SMARTS) is 1. The molecule has 1 aromatic heterocycles. The molecule has 0 aliphatic heterocycles. The normalized spacial score (nSPS) is 11.8. The van der Waals surface area contributed by atoms with Crippen LogP contribution in [-0.2, 0) is 13.0 Å². The van der Waals surface area contributed by atoms with Crippen LogP contribution >= 0.6 is 0 Å². The average molecular weight is 255 g/mol. The van der Waals surface area contributed by atoms with Crippen molar-refractivity contribution in [2.45, 2.75) is 58.6 Å². The van der Waals surface area contributed by atoms with Crippen LogP contribution in [0.4, 0.5) is 0 Å². The summed E-state index contributed by atoms with van der Waals surface area (Å²) in [6.07, 6.45) is 2.59. The fraction of sp³-hybridized carbons (Fsp3) is 0.750. The van der Waals surface area contributed by atoms with Gasteiger partial charge in [0.2, 0.25) is 0 Å². The Kier molecular flexibility index (Phi) is 4.84. The molecule has 1 heterocycles. The Labute approximate surface area is 107 Å². The van der Waals surface area contributed by atoms with Gasteiger partial charge in [0.25, 0.3) is 0 Å². The number of aromatic nitrogens is 3. The molecular formula is C12H21N3O3. The summed E-state index contributed by atoms with van der Waals surface area (Å²) in [5.41, 5.74) is -0.275. The molecule has 0 radical (unpaired) electrons. The molecule has 0 aliphatic rings. The molecule has 0 saturated carbocycles. The first-order valence-corrected chi connectivity index (χ1v) is 6.35. The minimum atomic E-state index is -1.07. The van der Waals surface area contributed by atoms with Crippen molar-refractivity contribution in [2.24, 2.45) is 0 Å². The molecule has 0 atom stereocenters. The molecule has 0 bridgehead atoms. The van der Waals surface area contributed by atoms with Gasteiger partial charge >= 0.3 is 5.97 Å². The summed E-state index contributed by atoms with van der Waals surface area (Å²) >= 11 is 0. The fourth-order valence-electron chi connectivity index (χ4n) is 1.86. The van der Waals surface area contributed by atoms with E-state index in [9.17, 15) is 9.90 Å². The Morgan fingerprint density at radius 1 is 1.33 bits per heavy atom. The van der Waals surface area contributed by atoms with Gasteiger partial charge in [-0.05, 0) is 19.3 Å². The summed E-state index contributed by atoms with van der Waals surface area (Å²) in [6.45, 7) is 6.06. The van der Waals surface area contributed by atoms with Crippen LogP contribution < -0.4 is 0 Å². The van der Waals surface area contributed by atoms with Crippen molar-refractivity contribution in [1.29, 1.82) is 0 Å². The van der Waals surface area contributed by atoms with E-state index in [2.05, 4.69) is 10.3 Å². The fourth-order valence-corrected chi connectivity index (χ4v) is 1.86. The van der Waals surface area contributed by atoms with E-state index in [0.29, 0.717) is 25.0 Å². The second-order valence-electron chi connectivity index (χ2n) is 4.53. The Bertz CT molecular complexity index is 411. The van der Waals surface area contributed by atoms with Crippen molar-refractivity contribution < 1.29 is 15.0 Å². The molecule has 0 spiro atoms. The van der Waals surface area contributed by atoms with Crippen molar-refractivity contribution in [3.8, 4) is 0 Å². The second-order valence-corrected chi connectivity index (χ2v) is 4.53. The first kappa shape index (κ1) is 14.6. The molecule has 18 heavy (non-hydrogen) atoms. The van der Waals surface area contributed by atoms with Crippen LogP contribution in [0, 0.1) is 0 Å². The van der Waals surface area contributed by atoms with Crippen LogP contribution in [0.15, 0.2) is 0 Å². The largest absolute Gasteiger partial charge is 0.476 e. The van der Waals surface area contributed by atoms with Crippen LogP contribution in [0.2, 0.25) is 0 Å². The summed E-state index contributed by atoms with van der Waals surface area (Å²) in [4.78, 5) is 11.0. The number of rotatable bonds is 7. The van der Waals surface area contributed by atoms with Gasteiger partial charge in [0.05, 0.1) is 17.8 Å². The SMILES string of the molecule is CCCc1c(C(=O)O)nnn1CC(O)(CC)CC. The summed E-state index contributed by atoms with van der Waals surface area (Å²) in [5, 5.41) is 26.9. The van der Waals surface area contributed by atoms with Crippen molar-refractivity contribution in [3.05, 3.63) is 11.4 Å². The lowest BCUT2D eigenvalue weighted by molar-refractivity contribution is 0.0106. The van der Waals surface area contributed by atoms with Gasteiger partial charge in [-0.1, -0.05) is 32.4 Å². The summed E-state index contributed by atoms with van der Waals surface area (Å²) in [6, 6.07) is 0. The number of hydrogen-bond acceptors (Lipinski definition) is 4. The van der Waals surface area contributed by atoms with E-state index in [4.69, 9.17) is 5.11 Å². The molecular weight excluding hydrogens is 234 g/mol.